The fourth-order valence-corrected chi connectivity index (χ4v) is 2.40. The standard InChI is InChI=1S/C8H20N.C4H10O3S/c1-8(2,3)7-9(4,5)6;1-2-3-4-8(5,6)7/h7H2,1-6H3;2-4H2,1H3,(H,5,6,7)/q+1;. The van der Waals surface area contributed by atoms with Crippen LogP contribution in [0.25, 0.3) is 0 Å². The van der Waals surface area contributed by atoms with Crippen molar-refractivity contribution in [3.05, 3.63) is 0 Å². The molecule has 0 aliphatic heterocycles. The van der Waals surface area contributed by atoms with Crippen molar-refractivity contribution >= 4 is 10.1 Å². The highest BCUT2D eigenvalue weighted by molar-refractivity contribution is 7.85. The Kier molecular flexibility index (Phi) is 8.29. The highest BCUT2D eigenvalue weighted by Gasteiger charge is 2.19. The second kappa shape index (κ2) is 7.34. The fourth-order valence-electron chi connectivity index (χ4n) is 1.75. The van der Waals surface area contributed by atoms with Crippen LogP contribution in [0.4, 0.5) is 0 Å². The average molecular weight is 268 g/mol. The van der Waals surface area contributed by atoms with Gasteiger partial charge in [0.2, 0.25) is 0 Å². The van der Waals surface area contributed by atoms with Crippen LogP contribution in [0.2, 0.25) is 0 Å². The quantitative estimate of drug-likeness (QED) is 0.629. The first-order valence-corrected chi connectivity index (χ1v) is 7.63. The molecule has 0 bridgehead atoms. The van der Waals surface area contributed by atoms with Crippen LogP contribution in [0.5, 0.6) is 0 Å². The SMILES string of the molecule is CC(C)(C)C[N+](C)(C)C.CCCCS(=O)(=O)O. The van der Waals surface area contributed by atoms with Gasteiger partial charge in [0, 0.05) is 5.41 Å². The number of unbranched alkanes of at least 4 members (excludes halogenated alkanes) is 1. The first-order valence-electron chi connectivity index (χ1n) is 6.02. The molecule has 0 spiro atoms. The summed E-state index contributed by atoms with van der Waals surface area (Å²) in [5.41, 5.74) is 0.457. The minimum atomic E-state index is -3.69. The summed E-state index contributed by atoms with van der Waals surface area (Å²) in [6, 6.07) is 0. The lowest BCUT2D eigenvalue weighted by Gasteiger charge is -2.31. The topological polar surface area (TPSA) is 54.4 Å². The van der Waals surface area contributed by atoms with Gasteiger partial charge in [0.1, 0.15) is 0 Å². The van der Waals surface area contributed by atoms with E-state index in [0.717, 1.165) is 10.9 Å². The van der Waals surface area contributed by atoms with Gasteiger partial charge in [-0.25, -0.2) is 0 Å². The third-order valence-electron chi connectivity index (χ3n) is 1.70. The summed E-state index contributed by atoms with van der Waals surface area (Å²) in [4.78, 5) is 0. The summed E-state index contributed by atoms with van der Waals surface area (Å²) < 4.78 is 29.1. The smallest absolute Gasteiger partial charge is 0.264 e. The third kappa shape index (κ3) is 25.8. The Hall–Kier alpha value is -0.130. The van der Waals surface area contributed by atoms with Gasteiger partial charge in [0.15, 0.2) is 0 Å². The van der Waals surface area contributed by atoms with Crippen LogP contribution in [0.3, 0.4) is 0 Å². The first-order chi connectivity index (χ1) is 7.27. The Morgan fingerprint density at radius 1 is 1.12 bits per heavy atom. The summed E-state index contributed by atoms with van der Waals surface area (Å²) in [7, 11) is 3.00. The lowest BCUT2D eigenvalue weighted by Crippen LogP contribution is -2.41. The zero-order valence-corrected chi connectivity index (χ0v) is 13.3. The van der Waals surface area contributed by atoms with Crippen LogP contribution in [0.15, 0.2) is 0 Å². The van der Waals surface area contributed by atoms with E-state index in [9.17, 15) is 8.42 Å². The van der Waals surface area contributed by atoms with Gasteiger partial charge in [-0.15, -0.1) is 0 Å². The molecule has 0 aromatic heterocycles. The van der Waals surface area contributed by atoms with Gasteiger partial charge in [-0.1, -0.05) is 34.1 Å². The normalized spacial score (nSPS) is 12.9. The number of hydrogen-bond acceptors (Lipinski definition) is 2. The number of rotatable bonds is 4. The van der Waals surface area contributed by atoms with Gasteiger partial charge in [-0.3, -0.25) is 4.55 Å². The fraction of sp³-hybridized carbons (Fsp3) is 1.00. The van der Waals surface area contributed by atoms with Gasteiger partial charge >= 0.3 is 0 Å². The summed E-state index contributed by atoms with van der Waals surface area (Å²) in [5, 5.41) is 0. The molecule has 0 aliphatic rings. The van der Waals surface area contributed by atoms with Crippen molar-refractivity contribution in [1.29, 1.82) is 0 Å². The van der Waals surface area contributed by atoms with Gasteiger partial charge in [-0.2, -0.15) is 8.42 Å². The minimum absolute atomic E-state index is 0.108. The largest absolute Gasteiger partial charge is 0.330 e. The molecule has 4 nitrogen and oxygen atoms in total. The maximum atomic E-state index is 9.95. The summed E-state index contributed by atoms with van der Waals surface area (Å²) in [5.74, 6) is -0.108. The summed E-state index contributed by atoms with van der Waals surface area (Å²) in [6.07, 6.45) is 1.33. The molecule has 0 aromatic carbocycles. The molecule has 17 heavy (non-hydrogen) atoms. The van der Waals surface area contributed by atoms with Crippen molar-refractivity contribution in [1.82, 2.24) is 0 Å². The molecule has 0 radical (unpaired) electrons. The second-order valence-corrected chi connectivity index (χ2v) is 8.22. The van der Waals surface area contributed by atoms with E-state index in [0.29, 0.717) is 11.8 Å². The lowest BCUT2D eigenvalue weighted by molar-refractivity contribution is -0.876. The van der Waals surface area contributed by atoms with Gasteiger partial charge in [0.05, 0.1) is 33.4 Å². The number of quaternary nitrogens is 1. The van der Waals surface area contributed by atoms with E-state index in [-0.39, 0.29) is 5.75 Å². The molecule has 0 rings (SSSR count). The molecule has 0 atom stereocenters. The Bertz CT molecular complexity index is 272. The number of hydrogen-bond donors (Lipinski definition) is 1. The Morgan fingerprint density at radius 2 is 1.53 bits per heavy atom. The van der Waals surface area contributed by atoms with E-state index in [1.54, 1.807) is 0 Å². The van der Waals surface area contributed by atoms with Gasteiger partial charge < -0.3 is 4.48 Å². The van der Waals surface area contributed by atoms with Crippen LogP contribution in [-0.2, 0) is 10.1 Å². The second-order valence-electron chi connectivity index (χ2n) is 6.65. The summed E-state index contributed by atoms with van der Waals surface area (Å²) in [6.45, 7) is 9.92. The monoisotopic (exact) mass is 268 g/mol. The molecule has 106 valence electrons. The maximum Gasteiger partial charge on any atom is 0.264 e. The third-order valence-corrected chi connectivity index (χ3v) is 2.51. The summed E-state index contributed by atoms with van der Waals surface area (Å²) >= 11 is 0. The van der Waals surface area contributed by atoms with E-state index in [1.807, 2.05) is 6.92 Å². The maximum absolute atomic E-state index is 9.95. The molecular weight excluding hydrogens is 238 g/mol. The van der Waals surface area contributed by atoms with E-state index < -0.39 is 10.1 Å². The zero-order chi connectivity index (χ0) is 14.3. The van der Waals surface area contributed by atoms with E-state index in [4.69, 9.17) is 4.55 Å². The van der Waals surface area contributed by atoms with Crippen LogP contribution in [0, 0.1) is 5.41 Å². The predicted octanol–water partition coefficient (Wildman–Crippen LogP) is 2.41. The zero-order valence-electron chi connectivity index (χ0n) is 12.4. The van der Waals surface area contributed by atoms with Crippen LogP contribution in [-0.4, -0.2) is 50.9 Å². The van der Waals surface area contributed by atoms with Crippen LogP contribution in [0.1, 0.15) is 40.5 Å². The minimum Gasteiger partial charge on any atom is -0.330 e. The average Bonchev–Trinajstić information content (AvgIpc) is 1.93. The van der Waals surface area contributed by atoms with Crippen molar-refractivity contribution < 1.29 is 17.5 Å². The molecule has 0 saturated carbocycles. The van der Waals surface area contributed by atoms with Crippen molar-refractivity contribution in [2.45, 2.75) is 40.5 Å². The molecule has 0 saturated heterocycles. The van der Waals surface area contributed by atoms with Crippen molar-refractivity contribution in [2.75, 3.05) is 33.4 Å². The Labute approximate surface area is 107 Å². The van der Waals surface area contributed by atoms with Crippen LogP contribution >= 0.6 is 0 Å². The lowest BCUT2D eigenvalue weighted by atomic mass is 9.96. The first kappa shape index (κ1) is 19.2. The molecule has 0 heterocycles. The van der Waals surface area contributed by atoms with Gasteiger partial charge in [0.25, 0.3) is 10.1 Å². The molecule has 5 heteroatoms. The molecule has 0 fully saturated rings. The van der Waals surface area contributed by atoms with Crippen molar-refractivity contribution in [3.8, 4) is 0 Å². The molecule has 0 aliphatic carbocycles. The van der Waals surface area contributed by atoms with E-state index in [1.165, 1.54) is 6.54 Å². The Morgan fingerprint density at radius 3 is 1.59 bits per heavy atom. The molecule has 1 N–H and O–H groups in total. The molecule has 0 aromatic rings. The van der Waals surface area contributed by atoms with E-state index in [2.05, 4.69) is 41.9 Å². The van der Waals surface area contributed by atoms with Crippen molar-refractivity contribution in [3.63, 3.8) is 0 Å². The predicted molar refractivity (Wildman–Crippen MR) is 73.7 cm³/mol. The molecule has 0 amide bonds. The number of nitrogens with zero attached hydrogens (tertiary/aromatic N) is 1. The molecular formula is C12H30NO3S+. The van der Waals surface area contributed by atoms with Crippen molar-refractivity contribution in [2.24, 2.45) is 5.41 Å². The molecule has 0 unspecified atom stereocenters. The highest BCUT2D eigenvalue weighted by atomic mass is 32.2. The highest BCUT2D eigenvalue weighted by Crippen LogP contribution is 2.15. The van der Waals surface area contributed by atoms with Crippen LogP contribution < -0.4 is 0 Å². The van der Waals surface area contributed by atoms with E-state index >= 15 is 0 Å². The Balaban J connectivity index is 0. The van der Waals surface area contributed by atoms with Gasteiger partial charge in [-0.05, 0) is 6.42 Å².